The second-order valence-electron chi connectivity index (χ2n) is 8.86. The predicted molar refractivity (Wildman–Crippen MR) is 125 cm³/mol. The summed E-state index contributed by atoms with van der Waals surface area (Å²) in [5.74, 6) is 0.422. The van der Waals surface area contributed by atoms with Crippen LogP contribution in [-0.2, 0) is 0 Å². The van der Waals surface area contributed by atoms with Gasteiger partial charge in [-0.25, -0.2) is 14.4 Å². The smallest absolute Gasteiger partial charge is 0.255 e. The number of halogens is 2. The van der Waals surface area contributed by atoms with Crippen LogP contribution in [0, 0.1) is 18.7 Å². The summed E-state index contributed by atoms with van der Waals surface area (Å²) in [7, 11) is 0. The first kappa shape index (κ1) is 21.8. The maximum Gasteiger partial charge on any atom is 0.255 e. The van der Waals surface area contributed by atoms with Gasteiger partial charge >= 0.3 is 0 Å². The molecule has 3 aromatic rings. The summed E-state index contributed by atoms with van der Waals surface area (Å²) in [6.07, 6.45) is 7.15. The topological polar surface area (TPSA) is 55.3 Å². The Balaban J connectivity index is 1.39. The standard InChI is InChI=1S/C26H25ClFN3O2/c1-16-3-8-20(25-29-11-2-12-30-25)21(13-16)26(32)31-19-6-4-17(23(31)9-7-19)15-33-24-10-5-18(27)14-22(24)28/h2-3,5,8,10-14,17,19,23H,4,6-7,9,15H2,1H3/t17?,19-,23?/m1/s1. The van der Waals surface area contributed by atoms with Crippen LogP contribution in [0.2, 0.25) is 5.02 Å². The number of nitrogens with zero attached hydrogens (tertiary/aromatic N) is 3. The molecule has 2 aliphatic rings. The number of carbonyl (C=O) groups excluding carboxylic acids is 1. The lowest BCUT2D eigenvalue weighted by atomic mass is 9.89. The summed E-state index contributed by atoms with van der Waals surface area (Å²) in [5.41, 5.74) is 2.39. The Hall–Kier alpha value is -2.99. The molecule has 1 aromatic heterocycles. The van der Waals surface area contributed by atoms with E-state index >= 15 is 0 Å². The van der Waals surface area contributed by atoms with Crippen molar-refractivity contribution in [2.45, 2.75) is 44.7 Å². The second-order valence-corrected chi connectivity index (χ2v) is 9.29. The number of fused-ring (bicyclic) bond motifs is 2. The first-order chi connectivity index (χ1) is 16.0. The van der Waals surface area contributed by atoms with Gasteiger partial charge in [-0.15, -0.1) is 0 Å². The van der Waals surface area contributed by atoms with Crippen LogP contribution in [0.25, 0.3) is 11.4 Å². The van der Waals surface area contributed by atoms with Crippen molar-refractivity contribution in [3.05, 3.63) is 76.8 Å². The van der Waals surface area contributed by atoms with Gasteiger partial charge in [-0.2, -0.15) is 0 Å². The molecular weight excluding hydrogens is 441 g/mol. The number of piperidine rings is 1. The van der Waals surface area contributed by atoms with Crippen molar-refractivity contribution in [3.8, 4) is 17.1 Å². The van der Waals surface area contributed by atoms with Gasteiger partial charge in [0.25, 0.3) is 5.91 Å². The zero-order valence-corrected chi connectivity index (χ0v) is 19.1. The molecule has 0 aliphatic carbocycles. The minimum Gasteiger partial charge on any atom is -0.490 e. The minimum atomic E-state index is -0.470. The molecule has 2 unspecified atom stereocenters. The van der Waals surface area contributed by atoms with Gasteiger partial charge < -0.3 is 9.64 Å². The van der Waals surface area contributed by atoms with Crippen molar-refractivity contribution in [2.75, 3.05) is 6.61 Å². The molecule has 2 bridgehead atoms. The lowest BCUT2D eigenvalue weighted by molar-refractivity contribution is 0.0404. The quantitative estimate of drug-likeness (QED) is 0.484. The van der Waals surface area contributed by atoms with Crippen molar-refractivity contribution < 1.29 is 13.9 Å². The average Bonchev–Trinajstić information content (AvgIpc) is 3.13. The van der Waals surface area contributed by atoms with Crippen LogP contribution in [0.4, 0.5) is 4.39 Å². The molecule has 0 saturated carbocycles. The Bertz CT molecular complexity index is 1170. The third-order valence-corrected chi connectivity index (χ3v) is 6.99. The van der Waals surface area contributed by atoms with Crippen LogP contribution < -0.4 is 4.74 Å². The van der Waals surface area contributed by atoms with E-state index in [1.165, 1.54) is 6.07 Å². The molecule has 2 saturated heterocycles. The highest BCUT2D eigenvalue weighted by atomic mass is 35.5. The Morgan fingerprint density at radius 2 is 1.91 bits per heavy atom. The Morgan fingerprint density at radius 1 is 1.12 bits per heavy atom. The SMILES string of the molecule is Cc1ccc(-c2ncccn2)c(C(=O)N2C3CC[C@H]2CCC3COc2ccc(Cl)cc2F)c1. The van der Waals surface area contributed by atoms with Crippen molar-refractivity contribution >= 4 is 17.5 Å². The Labute approximate surface area is 197 Å². The maximum absolute atomic E-state index is 14.2. The van der Waals surface area contributed by atoms with E-state index in [1.54, 1.807) is 30.6 Å². The van der Waals surface area contributed by atoms with Crippen molar-refractivity contribution in [2.24, 2.45) is 5.92 Å². The van der Waals surface area contributed by atoms with E-state index in [9.17, 15) is 9.18 Å². The van der Waals surface area contributed by atoms with Crippen LogP contribution in [-0.4, -0.2) is 39.5 Å². The summed E-state index contributed by atoms with van der Waals surface area (Å²) in [5, 5.41) is 0.337. The molecular formula is C26H25ClFN3O2. The van der Waals surface area contributed by atoms with Crippen molar-refractivity contribution in [1.29, 1.82) is 0 Å². The van der Waals surface area contributed by atoms with E-state index in [0.29, 0.717) is 23.0 Å². The number of rotatable bonds is 5. The molecule has 1 amide bonds. The van der Waals surface area contributed by atoms with E-state index in [1.807, 2.05) is 30.0 Å². The van der Waals surface area contributed by atoms with E-state index in [4.69, 9.17) is 16.3 Å². The van der Waals surface area contributed by atoms with Crippen LogP contribution in [0.5, 0.6) is 5.75 Å². The molecule has 5 rings (SSSR count). The average molecular weight is 466 g/mol. The molecule has 3 heterocycles. The fourth-order valence-corrected chi connectivity index (χ4v) is 5.32. The van der Waals surface area contributed by atoms with E-state index < -0.39 is 5.82 Å². The molecule has 2 fully saturated rings. The minimum absolute atomic E-state index is 0.0102. The molecule has 5 nitrogen and oxygen atoms in total. The monoisotopic (exact) mass is 465 g/mol. The lowest BCUT2D eigenvalue weighted by Crippen LogP contribution is -2.49. The third kappa shape index (κ3) is 4.32. The zero-order valence-electron chi connectivity index (χ0n) is 18.4. The summed E-state index contributed by atoms with van der Waals surface area (Å²) < 4.78 is 20.0. The molecule has 0 N–H and O–H groups in total. The van der Waals surface area contributed by atoms with Crippen molar-refractivity contribution in [3.63, 3.8) is 0 Å². The fraction of sp³-hybridized carbons (Fsp3) is 0.346. The normalized spacial score (nSPS) is 21.8. The van der Waals surface area contributed by atoms with Crippen LogP contribution in [0.15, 0.2) is 54.9 Å². The van der Waals surface area contributed by atoms with Gasteiger partial charge in [-0.1, -0.05) is 29.3 Å². The molecule has 0 spiro atoms. The van der Waals surface area contributed by atoms with Crippen LogP contribution >= 0.6 is 11.6 Å². The Morgan fingerprint density at radius 3 is 2.70 bits per heavy atom. The van der Waals surface area contributed by atoms with Gasteiger partial charge in [0.15, 0.2) is 17.4 Å². The number of aryl methyl sites for hydroxylation is 1. The van der Waals surface area contributed by atoms with Gasteiger partial charge in [-0.05, 0) is 62.9 Å². The fourth-order valence-electron chi connectivity index (χ4n) is 5.16. The number of benzene rings is 2. The summed E-state index contributed by atoms with van der Waals surface area (Å²) in [6.45, 7) is 2.34. The highest BCUT2D eigenvalue weighted by molar-refractivity contribution is 6.30. The van der Waals surface area contributed by atoms with E-state index in [0.717, 1.165) is 36.8 Å². The van der Waals surface area contributed by atoms with Crippen LogP contribution in [0.3, 0.4) is 0 Å². The number of aromatic nitrogens is 2. The summed E-state index contributed by atoms with van der Waals surface area (Å²) >= 11 is 5.85. The van der Waals surface area contributed by atoms with Crippen LogP contribution in [0.1, 0.15) is 41.6 Å². The van der Waals surface area contributed by atoms with Crippen molar-refractivity contribution in [1.82, 2.24) is 14.9 Å². The Kier molecular flexibility index (Phi) is 6.02. The third-order valence-electron chi connectivity index (χ3n) is 6.75. The molecule has 33 heavy (non-hydrogen) atoms. The predicted octanol–water partition coefficient (Wildman–Crippen LogP) is 5.71. The highest BCUT2D eigenvalue weighted by Crippen LogP contribution is 2.41. The summed E-state index contributed by atoms with van der Waals surface area (Å²) in [4.78, 5) is 24.6. The lowest BCUT2D eigenvalue weighted by Gasteiger charge is -2.40. The second kappa shape index (κ2) is 9.10. The molecule has 0 radical (unpaired) electrons. The molecule has 7 heteroatoms. The summed E-state index contributed by atoms with van der Waals surface area (Å²) in [6, 6.07) is 12.3. The molecule has 3 atom stereocenters. The molecule has 2 aliphatic heterocycles. The first-order valence-electron chi connectivity index (χ1n) is 11.3. The molecule has 170 valence electrons. The van der Waals surface area contributed by atoms with Gasteiger partial charge in [-0.3, -0.25) is 4.79 Å². The molecule has 2 aromatic carbocycles. The highest BCUT2D eigenvalue weighted by Gasteiger charge is 2.45. The number of ether oxygens (including phenoxy) is 1. The first-order valence-corrected chi connectivity index (χ1v) is 11.7. The number of carbonyl (C=O) groups is 1. The van der Waals surface area contributed by atoms with E-state index in [2.05, 4.69) is 9.97 Å². The van der Waals surface area contributed by atoms with E-state index in [-0.39, 0.29) is 29.7 Å². The number of hydrogen-bond donors (Lipinski definition) is 0. The maximum atomic E-state index is 14.2. The largest absolute Gasteiger partial charge is 0.490 e. The zero-order chi connectivity index (χ0) is 22.9. The van der Waals surface area contributed by atoms with Gasteiger partial charge in [0.2, 0.25) is 0 Å². The number of amides is 1. The van der Waals surface area contributed by atoms with Gasteiger partial charge in [0.1, 0.15) is 0 Å². The van der Waals surface area contributed by atoms with Gasteiger partial charge in [0, 0.05) is 41.0 Å². The number of hydrogen-bond acceptors (Lipinski definition) is 4. The van der Waals surface area contributed by atoms with Gasteiger partial charge in [0.05, 0.1) is 12.2 Å².